The maximum atomic E-state index is 12.2. The minimum absolute atomic E-state index is 0.0702. The summed E-state index contributed by atoms with van der Waals surface area (Å²) in [6.45, 7) is 8.66. The summed E-state index contributed by atoms with van der Waals surface area (Å²) in [6, 6.07) is 6.25. The van der Waals surface area contributed by atoms with E-state index in [1.165, 1.54) is 17.5 Å². The molecule has 1 aromatic carbocycles. The van der Waals surface area contributed by atoms with Gasteiger partial charge in [0, 0.05) is 11.6 Å². The van der Waals surface area contributed by atoms with E-state index in [-0.39, 0.29) is 5.91 Å². The molecule has 2 nitrogen and oxygen atoms in total. The van der Waals surface area contributed by atoms with Crippen molar-refractivity contribution in [2.75, 3.05) is 0 Å². The minimum atomic E-state index is 0.0702. The first-order chi connectivity index (χ1) is 8.37. The molecule has 0 bridgehead atoms. The summed E-state index contributed by atoms with van der Waals surface area (Å²) in [5.41, 5.74) is 3.56. The van der Waals surface area contributed by atoms with Crippen LogP contribution in [0.4, 0.5) is 0 Å². The Hall–Kier alpha value is -1.31. The van der Waals surface area contributed by atoms with E-state index in [4.69, 9.17) is 0 Å². The van der Waals surface area contributed by atoms with E-state index in [0.717, 1.165) is 18.4 Å². The van der Waals surface area contributed by atoms with Crippen molar-refractivity contribution in [1.29, 1.82) is 0 Å². The predicted octanol–water partition coefficient (Wildman–Crippen LogP) is 3.61. The van der Waals surface area contributed by atoms with Crippen LogP contribution < -0.4 is 5.32 Å². The minimum Gasteiger partial charge on any atom is -0.349 e. The number of benzene rings is 1. The number of rotatable bonds is 2. The topological polar surface area (TPSA) is 29.1 Å². The Morgan fingerprint density at radius 1 is 1.28 bits per heavy atom. The molecule has 98 valence electrons. The SMILES string of the molecule is Cc1ccc(C(=O)NC2CCC(C)(C)C2)cc1C. The van der Waals surface area contributed by atoms with E-state index in [1.807, 2.05) is 25.1 Å². The fourth-order valence-corrected chi connectivity index (χ4v) is 2.71. The number of aryl methyl sites for hydroxylation is 2. The number of hydrogen-bond donors (Lipinski definition) is 1. The van der Waals surface area contributed by atoms with E-state index in [9.17, 15) is 4.79 Å². The number of hydrogen-bond acceptors (Lipinski definition) is 1. The summed E-state index contributed by atoms with van der Waals surface area (Å²) in [4.78, 5) is 12.2. The zero-order valence-corrected chi connectivity index (χ0v) is 11.8. The van der Waals surface area contributed by atoms with Gasteiger partial charge in [-0.1, -0.05) is 19.9 Å². The molecule has 1 N–H and O–H groups in total. The lowest BCUT2D eigenvalue weighted by molar-refractivity contribution is 0.0936. The van der Waals surface area contributed by atoms with E-state index < -0.39 is 0 Å². The van der Waals surface area contributed by atoms with Crippen molar-refractivity contribution in [1.82, 2.24) is 5.32 Å². The molecule has 1 atom stereocenters. The van der Waals surface area contributed by atoms with Gasteiger partial charge >= 0.3 is 0 Å². The molecule has 0 heterocycles. The molecular formula is C16H23NO. The van der Waals surface area contributed by atoms with Crippen LogP contribution in [0.5, 0.6) is 0 Å². The molecule has 1 aliphatic carbocycles. The van der Waals surface area contributed by atoms with Crippen molar-refractivity contribution in [3.05, 3.63) is 34.9 Å². The molecule has 0 aromatic heterocycles. The highest BCUT2D eigenvalue weighted by Gasteiger charge is 2.31. The van der Waals surface area contributed by atoms with Crippen LogP contribution >= 0.6 is 0 Å². The highest BCUT2D eigenvalue weighted by atomic mass is 16.1. The summed E-state index contributed by atoms with van der Waals surface area (Å²) in [5.74, 6) is 0.0702. The van der Waals surface area contributed by atoms with E-state index in [2.05, 4.69) is 26.1 Å². The Morgan fingerprint density at radius 3 is 2.56 bits per heavy atom. The largest absolute Gasteiger partial charge is 0.349 e. The van der Waals surface area contributed by atoms with Crippen LogP contribution in [-0.4, -0.2) is 11.9 Å². The van der Waals surface area contributed by atoms with Gasteiger partial charge in [-0.3, -0.25) is 4.79 Å². The first-order valence-corrected chi connectivity index (χ1v) is 6.75. The van der Waals surface area contributed by atoms with Crippen molar-refractivity contribution in [2.24, 2.45) is 5.41 Å². The third-order valence-corrected chi connectivity index (χ3v) is 4.07. The van der Waals surface area contributed by atoms with Gasteiger partial charge in [-0.2, -0.15) is 0 Å². The summed E-state index contributed by atoms with van der Waals surface area (Å²) in [6.07, 6.45) is 3.39. The molecule has 0 radical (unpaired) electrons. The second-order valence-corrected chi connectivity index (χ2v) is 6.38. The summed E-state index contributed by atoms with van der Waals surface area (Å²) in [5, 5.41) is 3.16. The maximum Gasteiger partial charge on any atom is 0.251 e. The van der Waals surface area contributed by atoms with E-state index in [0.29, 0.717) is 11.5 Å². The second kappa shape index (κ2) is 4.75. The maximum absolute atomic E-state index is 12.2. The molecule has 2 heteroatoms. The van der Waals surface area contributed by atoms with Crippen molar-refractivity contribution in [3.8, 4) is 0 Å². The fraction of sp³-hybridized carbons (Fsp3) is 0.562. The number of amides is 1. The first-order valence-electron chi connectivity index (χ1n) is 6.75. The van der Waals surface area contributed by atoms with Gasteiger partial charge in [-0.05, 0) is 61.8 Å². The zero-order valence-electron chi connectivity index (χ0n) is 11.8. The Bertz CT molecular complexity index is 462. The number of carbonyl (C=O) groups is 1. The van der Waals surface area contributed by atoms with E-state index >= 15 is 0 Å². The van der Waals surface area contributed by atoms with Crippen LogP contribution in [0, 0.1) is 19.3 Å². The molecule has 1 unspecified atom stereocenters. The Morgan fingerprint density at radius 2 is 2.00 bits per heavy atom. The highest BCUT2D eigenvalue weighted by Crippen LogP contribution is 2.36. The van der Waals surface area contributed by atoms with Crippen molar-refractivity contribution in [3.63, 3.8) is 0 Å². The molecule has 0 aliphatic heterocycles. The molecule has 0 saturated heterocycles. The van der Waals surface area contributed by atoms with Crippen LogP contribution in [0.25, 0.3) is 0 Å². The molecule has 1 amide bonds. The quantitative estimate of drug-likeness (QED) is 0.847. The third-order valence-electron chi connectivity index (χ3n) is 4.07. The monoisotopic (exact) mass is 245 g/mol. The lowest BCUT2D eigenvalue weighted by Crippen LogP contribution is -2.33. The van der Waals surface area contributed by atoms with Crippen molar-refractivity contribution >= 4 is 5.91 Å². The molecule has 18 heavy (non-hydrogen) atoms. The fourth-order valence-electron chi connectivity index (χ4n) is 2.71. The third kappa shape index (κ3) is 2.92. The van der Waals surface area contributed by atoms with Gasteiger partial charge in [0.15, 0.2) is 0 Å². The summed E-state index contributed by atoms with van der Waals surface area (Å²) >= 11 is 0. The smallest absolute Gasteiger partial charge is 0.251 e. The second-order valence-electron chi connectivity index (χ2n) is 6.38. The van der Waals surface area contributed by atoms with Crippen molar-refractivity contribution < 1.29 is 4.79 Å². The molecule has 1 aromatic rings. The standard InChI is InChI=1S/C16H23NO/c1-11-5-6-13(9-12(11)2)15(18)17-14-7-8-16(3,4)10-14/h5-6,9,14H,7-8,10H2,1-4H3,(H,17,18). The van der Waals surface area contributed by atoms with Gasteiger partial charge in [-0.25, -0.2) is 0 Å². The van der Waals surface area contributed by atoms with Crippen LogP contribution in [0.15, 0.2) is 18.2 Å². The molecule has 1 fully saturated rings. The molecule has 0 spiro atoms. The normalized spacial score (nSPS) is 21.9. The van der Waals surface area contributed by atoms with Gasteiger partial charge in [0.1, 0.15) is 0 Å². The van der Waals surface area contributed by atoms with Crippen LogP contribution in [0.3, 0.4) is 0 Å². The van der Waals surface area contributed by atoms with Crippen LogP contribution in [0.1, 0.15) is 54.6 Å². The van der Waals surface area contributed by atoms with Gasteiger partial charge in [-0.15, -0.1) is 0 Å². The number of carbonyl (C=O) groups excluding carboxylic acids is 1. The highest BCUT2D eigenvalue weighted by molar-refractivity contribution is 5.94. The van der Waals surface area contributed by atoms with Crippen LogP contribution in [-0.2, 0) is 0 Å². The van der Waals surface area contributed by atoms with E-state index in [1.54, 1.807) is 0 Å². The van der Waals surface area contributed by atoms with Gasteiger partial charge in [0.05, 0.1) is 0 Å². The number of nitrogens with one attached hydrogen (secondary N) is 1. The average molecular weight is 245 g/mol. The Balaban J connectivity index is 2.02. The zero-order chi connectivity index (χ0) is 13.3. The average Bonchev–Trinajstić information content (AvgIpc) is 2.62. The molecule has 1 aliphatic rings. The van der Waals surface area contributed by atoms with Crippen LogP contribution in [0.2, 0.25) is 0 Å². The van der Waals surface area contributed by atoms with Crippen molar-refractivity contribution in [2.45, 2.75) is 53.0 Å². The lowest BCUT2D eigenvalue weighted by atomic mass is 9.92. The summed E-state index contributed by atoms with van der Waals surface area (Å²) in [7, 11) is 0. The predicted molar refractivity (Wildman–Crippen MR) is 74.8 cm³/mol. The first kappa shape index (κ1) is 13.1. The van der Waals surface area contributed by atoms with Gasteiger partial charge < -0.3 is 5.32 Å². The molecule has 1 saturated carbocycles. The Labute approximate surface area is 110 Å². The summed E-state index contributed by atoms with van der Waals surface area (Å²) < 4.78 is 0. The lowest BCUT2D eigenvalue weighted by Gasteiger charge is -2.18. The van der Waals surface area contributed by atoms with Gasteiger partial charge in [0.2, 0.25) is 0 Å². The Kier molecular flexibility index (Phi) is 3.47. The molecular weight excluding hydrogens is 222 g/mol. The molecule has 2 rings (SSSR count). The van der Waals surface area contributed by atoms with Gasteiger partial charge in [0.25, 0.3) is 5.91 Å².